The molecule has 7 heteroatoms. The Morgan fingerprint density at radius 3 is 2.91 bits per heavy atom. The first-order valence-electron chi connectivity index (χ1n) is 6.79. The van der Waals surface area contributed by atoms with Crippen LogP contribution < -0.4 is 5.56 Å². The number of hydrogen-bond acceptors (Lipinski definition) is 5. The lowest BCUT2D eigenvalue weighted by molar-refractivity contribution is 0.0467. The van der Waals surface area contributed by atoms with Gasteiger partial charge in [-0.3, -0.25) is 14.2 Å². The van der Waals surface area contributed by atoms with E-state index < -0.39 is 5.97 Å². The van der Waals surface area contributed by atoms with E-state index >= 15 is 0 Å². The van der Waals surface area contributed by atoms with Crippen LogP contribution in [-0.2, 0) is 11.3 Å². The number of aromatic nitrogens is 3. The number of esters is 1. The van der Waals surface area contributed by atoms with Crippen molar-refractivity contribution in [2.45, 2.75) is 13.5 Å². The quantitative estimate of drug-likeness (QED) is 0.659. The van der Waals surface area contributed by atoms with Crippen LogP contribution in [0, 0.1) is 6.92 Å². The highest BCUT2D eigenvalue weighted by Crippen LogP contribution is 2.11. The molecule has 0 fully saturated rings. The first-order chi connectivity index (χ1) is 11.0. The van der Waals surface area contributed by atoms with E-state index in [9.17, 15) is 9.59 Å². The minimum Gasteiger partial charge on any atom is -0.456 e. The lowest BCUT2D eigenvalue weighted by atomic mass is 10.3. The van der Waals surface area contributed by atoms with Gasteiger partial charge in [0.15, 0.2) is 0 Å². The Balaban J connectivity index is 1.81. The Kier molecular flexibility index (Phi) is 4.20. The first kappa shape index (κ1) is 15.4. The summed E-state index contributed by atoms with van der Waals surface area (Å²) in [6, 6.07) is 6.59. The molecule has 0 amide bonds. The van der Waals surface area contributed by atoms with Crippen LogP contribution in [0.5, 0.6) is 0 Å². The zero-order chi connectivity index (χ0) is 16.4. The summed E-state index contributed by atoms with van der Waals surface area (Å²) in [5.74, 6) is -0.523. The monoisotopic (exact) mass is 373 g/mol. The average molecular weight is 374 g/mol. The van der Waals surface area contributed by atoms with Gasteiger partial charge in [0, 0.05) is 29.1 Å². The summed E-state index contributed by atoms with van der Waals surface area (Å²) in [6.45, 7) is 1.82. The molecule has 23 heavy (non-hydrogen) atoms. The molecule has 0 radical (unpaired) electrons. The van der Waals surface area contributed by atoms with Gasteiger partial charge < -0.3 is 4.74 Å². The molecule has 0 unspecified atom stereocenters. The molecule has 0 aliphatic rings. The third kappa shape index (κ3) is 3.45. The van der Waals surface area contributed by atoms with Crippen LogP contribution in [0.25, 0.3) is 5.65 Å². The number of carbonyl (C=O) groups excluding carboxylic acids is 1. The summed E-state index contributed by atoms with van der Waals surface area (Å²) in [4.78, 5) is 32.3. The van der Waals surface area contributed by atoms with Gasteiger partial charge in [-0.2, -0.15) is 0 Å². The highest BCUT2D eigenvalue weighted by molar-refractivity contribution is 9.10. The van der Waals surface area contributed by atoms with E-state index in [1.165, 1.54) is 16.7 Å². The fourth-order valence-electron chi connectivity index (χ4n) is 2.08. The van der Waals surface area contributed by atoms with Crippen LogP contribution in [0.3, 0.4) is 0 Å². The smallest absolute Gasteiger partial charge is 0.340 e. The number of ether oxygens (including phenoxy) is 1. The zero-order valence-corrected chi connectivity index (χ0v) is 13.8. The molecule has 3 aromatic rings. The molecule has 0 aliphatic carbocycles. The van der Waals surface area contributed by atoms with Crippen molar-refractivity contribution in [2.75, 3.05) is 0 Å². The van der Waals surface area contributed by atoms with E-state index in [-0.39, 0.29) is 12.2 Å². The summed E-state index contributed by atoms with van der Waals surface area (Å²) in [6.07, 6.45) is 4.71. The molecule has 3 rings (SSSR count). The normalized spacial score (nSPS) is 10.7. The molecule has 0 spiro atoms. The van der Waals surface area contributed by atoms with Crippen molar-refractivity contribution in [3.8, 4) is 0 Å². The number of halogens is 1. The van der Waals surface area contributed by atoms with Gasteiger partial charge in [0.05, 0.1) is 11.3 Å². The molecular formula is C16H12BrN3O3. The lowest BCUT2D eigenvalue weighted by Crippen LogP contribution is -2.17. The van der Waals surface area contributed by atoms with E-state index in [4.69, 9.17) is 4.74 Å². The van der Waals surface area contributed by atoms with Crippen molar-refractivity contribution in [2.24, 2.45) is 0 Å². The maximum Gasteiger partial charge on any atom is 0.340 e. The van der Waals surface area contributed by atoms with Gasteiger partial charge in [0.2, 0.25) is 0 Å². The van der Waals surface area contributed by atoms with Gasteiger partial charge in [-0.1, -0.05) is 6.07 Å². The van der Waals surface area contributed by atoms with Gasteiger partial charge in [-0.15, -0.1) is 0 Å². The standard InChI is InChI=1S/C16H12BrN3O3/c1-10-2-3-14-19-13(5-15(21)20(14)8-10)9-23-16(22)11-4-12(17)7-18-6-11/h2-8H,9H2,1H3. The molecule has 6 nitrogen and oxygen atoms in total. The number of pyridine rings is 2. The van der Waals surface area contributed by atoms with E-state index in [0.717, 1.165) is 5.56 Å². The van der Waals surface area contributed by atoms with Crippen LogP contribution in [0.2, 0.25) is 0 Å². The van der Waals surface area contributed by atoms with Gasteiger partial charge in [0.25, 0.3) is 5.56 Å². The van der Waals surface area contributed by atoms with E-state index in [2.05, 4.69) is 25.9 Å². The minimum atomic E-state index is -0.523. The zero-order valence-electron chi connectivity index (χ0n) is 12.2. The van der Waals surface area contributed by atoms with Gasteiger partial charge in [-0.25, -0.2) is 9.78 Å². The fourth-order valence-corrected chi connectivity index (χ4v) is 2.44. The number of rotatable bonds is 3. The molecule has 0 saturated carbocycles. The number of hydrogen-bond donors (Lipinski definition) is 0. The number of fused-ring (bicyclic) bond motifs is 1. The second kappa shape index (κ2) is 6.29. The van der Waals surface area contributed by atoms with Crippen LogP contribution in [-0.4, -0.2) is 20.3 Å². The van der Waals surface area contributed by atoms with Gasteiger partial charge in [0.1, 0.15) is 12.3 Å². The van der Waals surface area contributed by atoms with E-state index in [1.54, 1.807) is 24.5 Å². The largest absolute Gasteiger partial charge is 0.456 e. The van der Waals surface area contributed by atoms with Crippen LogP contribution in [0.4, 0.5) is 0 Å². The third-order valence-corrected chi connectivity index (χ3v) is 3.59. The second-order valence-electron chi connectivity index (χ2n) is 4.99. The maximum atomic E-state index is 12.1. The molecular weight excluding hydrogens is 362 g/mol. The summed E-state index contributed by atoms with van der Waals surface area (Å²) in [5.41, 5.74) is 1.98. The molecule has 0 aliphatic heterocycles. The lowest BCUT2D eigenvalue weighted by Gasteiger charge is -2.06. The van der Waals surface area contributed by atoms with Crippen LogP contribution in [0.15, 0.2) is 52.1 Å². The van der Waals surface area contributed by atoms with Crippen molar-refractivity contribution in [3.05, 3.63) is 74.5 Å². The fraction of sp³-hybridized carbons (Fsp3) is 0.125. The molecule has 116 valence electrons. The topological polar surface area (TPSA) is 73.6 Å². The Bertz CT molecular complexity index is 953. The highest BCUT2D eigenvalue weighted by atomic mass is 79.9. The molecule has 0 N–H and O–H groups in total. The Morgan fingerprint density at radius 1 is 1.30 bits per heavy atom. The van der Waals surface area contributed by atoms with Crippen LogP contribution in [0.1, 0.15) is 21.6 Å². The summed E-state index contributed by atoms with van der Waals surface area (Å²) >= 11 is 3.24. The molecule has 0 atom stereocenters. The van der Waals surface area contributed by atoms with Crippen molar-refractivity contribution in [1.82, 2.24) is 14.4 Å². The summed E-state index contributed by atoms with van der Waals surface area (Å²) in [5, 5.41) is 0. The van der Waals surface area contributed by atoms with E-state index in [0.29, 0.717) is 21.4 Å². The second-order valence-corrected chi connectivity index (χ2v) is 5.90. The molecule has 3 aromatic heterocycles. The summed E-state index contributed by atoms with van der Waals surface area (Å²) in [7, 11) is 0. The predicted molar refractivity (Wildman–Crippen MR) is 87.3 cm³/mol. The molecule has 3 heterocycles. The SMILES string of the molecule is Cc1ccc2nc(COC(=O)c3cncc(Br)c3)cc(=O)n2c1. The Labute approximate surface area is 139 Å². The van der Waals surface area contributed by atoms with Crippen molar-refractivity contribution >= 4 is 27.5 Å². The van der Waals surface area contributed by atoms with Crippen molar-refractivity contribution < 1.29 is 9.53 Å². The number of nitrogens with zero attached hydrogens (tertiary/aromatic N) is 3. The van der Waals surface area contributed by atoms with Crippen molar-refractivity contribution in [3.63, 3.8) is 0 Å². The maximum absolute atomic E-state index is 12.1. The Morgan fingerprint density at radius 2 is 2.13 bits per heavy atom. The molecule has 0 bridgehead atoms. The minimum absolute atomic E-state index is 0.0784. The Hall–Kier alpha value is -2.54. The van der Waals surface area contributed by atoms with Crippen molar-refractivity contribution in [1.29, 1.82) is 0 Å². The molecule has 0 saturated heterocycles. The van der Waals surface area contributed by atoms with Gasteiger partial charge in [-0.05, 0) is 40.5 Å². The van der Waals surface area contributed by atoms with E-state index in [1.807, 2.05) is 13.0 Å². The predicted octanol–water partition coefficient (Wildman–Crippen LogP) is 2.52. The summed E-state index contributed by atoms with van der Waals surface area (Å²) < 4.78 is 7.33. The average Bonchev–Trinajstić information content (AvgIpc) is 2.53. The number of aryl methyl sites for hydroxylation is 1. The molecule has 0 aromatic carbocycles. The third-order valence-electron chi connectivity index (χ3n) is 3.15. The van der Waals surface area contributed by atoms with Crippen LogP contribution >= 0.6 is 15.9 Å². The van der Waals surface area contributed by atoms with Gasteiger partial charge >= 0.3 is 5.97 Å². The highest BCUT2D eigenvalue weighted by Gasteiger charge is 2.10. The first-order valence-corrected chi connectivity index (χ1v) is 7.59. The number of carbonyl (C=O) groups is 1.